The number of hydrogen-bond donors (Lipinski definition) is 2. The fourth-order valence-corrected chi connectivity index (χ4v) is 3.22. The van der Waals surface area contributed by atoms with E-state index in [0.717, 1.165) is 40.3 Å². The maximum absolute atomic E-state index is 12.7. The van der Waals surface area contributed by atoms with E-state index in [1.807, 2.05) is 36.3 Å². The highest BCUT2D eigenvalue weighted by Crippen LogP contribution is 2.24. The summed E-state index contributed by atoms with van der Waals surface area (Å²) in [5.74, 6) is 0.824. The number of nitrogens with zero attached hydrogens (tertiary/aromatic N) is 4. The van der Waals surface area contributed by atoms with Gasteiger partial charge in [0.05, 0.1) is 6.20 Å². The molecule has 0 fully saturated rings. The number of hydrazine groups is 1. The minimum Gasteiger partial charge on any atom is -0.343 e. The molecule has 3 aromatic rings. The van der Waals surface area contributed by atoms with Crippen molar-refractivity contribution in [3.8, 4) is 0 Å². The molecule has 4 rings (SSSR count). The van der Waals surface area contributed by atoms with Crippen LogP contribution in [0.2, 0.25) is 0 Å². The summed E-state index contributed by atoms with van der Waals surface area (Å²) in [5, 5.41) is 6.20. The van der Waals surface area contributed by atoms with Crippen molar-refractivity contribution in [2.24, 2.45) is 0 Å². The Morgan fingerprint density at radius 1 is 1.24 bits per heavy atom. The quantitative estimate of drug-likeness (QED) is 0.761. The van der Waals surface area contributed by atoms with Gasteiger partial charge in [-0.05, 0) is 30.5 Å². The van der Waals surface area contributed by atoms with Crippen LogP contribution < -0.4 is 16.0 Å². The SMILES string of the molecule is CCc1[nH]c2c(C3=CN(c4ccccn4)NC3)cnn2c(=O)c1CC. The smallest absolute Gasteiger partial charge is 0.277 e. The van der Waals surface area contributed by atoms with Gasteiger partial charge in [-0.3, -0.25) is 9.80 Å². The van der Waals surface area contributed by atoms with Crippen molar-refractivity contribution in [2.75, 3.05) is 11.6 Å². The van der Waals surface area contributed by atoms with Gasteiger partial charge in [0.15, 0.2) is 0 Å². The van der Waals surface area contributed by atoms with Gasteiger partial charge in [0.1, 0.15) is 11.5 Å². The second-order valence-corrected chi connectivity index (χ2v) is 5.96. The second kappa shape index (κ2) is 6.18. The van der Waals surface area contributed by atoms with E-state index in [4.69, 9.17) is 0 Å². The summed E-state index contributed by atoms with van der Waals surface area (Å²) < 4.78 is 1.47. The third-order valence-electron chi connectivity index (χ3n) is 4.53. The van der Waals surface area contributed by atoms with Crippen LogP contribution in [-0.4, -0.2) is 26.1 Å². The zero-order valence-electron chi connectivity index (χ0n) is 14.3. The van der Waals surface area contributed by atoms with Crippen LogP contribution in [0.3, 0.4) is 0 Å². The number of hydrogen-bond acceptors (Lipinski definition) is 5. The molecule has 0 unspecified atom stereocenters. The molecule has 0 aromatic carbocycles. The van der Waals surface area contributed by atoms with Crippen molar-refractivity contribution >= 4 is 17.0 Å². The van der Waals surface area contributed by atoms with E-state index >= 15 is 0 Å². The zero-order chi connectivity index (χ0) is 17.4. The van der Waals surface area contributed by atoms with Gasteiger partial charge in [-0.1, -0.05) is 19.9 Å². The van der Waals surface area contributed by atoms with Gasteiger partial charge in [0.25, 0.3) is 5.56 Å². The average molecular weight is 336 g/mol. The lowest BCUT2D eigenvalue weighted by Gasteiger charge is -2.13. The molecule has 3 aromatic heterocycles. The topological polar surface area (TPSA) is 78.3 Å². The molecule has 0 atom stereocenters. The number of aromatic amines is 1. The molecule has 1 aliphatic rings. The molecule has 1 aliphatic heterocycles. The van der Waals surface area contributed by atoms with Crippen LogP contribution >= 0.6 is 0 Å². The predicted molar refractivity (Wildman–Crippen MR) is 97.3 cm³/mol. The summed E-state index contributed by atoms with van der Waals surface area (Å²) >= 11 is 0. The highest BCUT2D eigenvalue weighted by Gasteiger charge is 2.20. The number of pyridine rings is 1. The lowest BCUT2D eigenvalue weighted by Crippen LogP contribution is -2.28. The van der Waals surface area contributed by atoms with Crippen molar-refractivity contribution < 1.29 is 0 Å². The largest absolute Gasteiger partial charge is 0.343 e. The fraction of sp³-hybridized carbons (Fsp3) is 0.278. The molecule has 25 heavy (non-hydrogen) atoms. The van der Waals surface area contributed by atoms with E-state index in [9.17, 15) is 4.79 Å². The molecule has 0 aliphatic carbocycles. The average Bonchev–Trinajstić information content (AvgIpc) is 3.29. The highest BCUT2D eigenvalue weighted by molar-refractivity contribution is 5.79. The Morgan fingerprint density at radius 2 is 2.12 bits per heavy atom. The van der Waals surface area contributed by atoms with Crippen molar-refractivity contribution in [2.45, 2.75) is 26.7 Å². The Labute approximate surface area is 145 Å². The first-order chi connectivity index (χ1) is 12.2. The van der Waals surface area contributed by atoms with E-state index in [1.165, 1.54) is 4.52 Å². The molecule has 0 saturated heterocycles. The third-order valence-corrected chi connectivity index (χ3v) is 4.53. The van der Waals surface area contributed by atoms with Gasteiger partial charge >= 0.3 is 0 Å². The standard InChI is InChI=1S/C18H20N6O/c1-3-13-15(4-2)22-17-14(10-21-24(17)18(13)25)12-9-20-23(11-12)16-7-5-6-8-19-16/h5-8,10-11,20,22H,3-4,9H2,1-2H3. The first kappa shape index (κ1) is 15.6. The normalized spacial score (nSPS) is 14.3. The van der Waals surface area contributed by atoms with Gasteiger partial charge in [0, 0.05) is 35.8 Å². The van der Waals surface area contributed by atoms with E-state index in [2.05, 4.69) is 27.4 Å². The lowest BCUT2D eigenvalue weighted by molar-refractivity contribution is 0.803. The maximum atomic E-state index is 12.7. The molecule has 7 heteroatoms. The number of rotatable bonds is 4. The van der Waals surface area contributed by atoms with Gasteiger partial charge in [-0.15, -0.1) is 0 Å². The predicted octanol–water partition coefficient (Wildman–Crippen LogP) is 1.91. The van der Waals surface area contributed by atoms with Crippen LogP contribution in [0, 0.1) is 0 Å². The summed E-state index contributed by atoms with van der Waals surface area (Å²) in [6.07, 6.45) is 6.99. The molecular weight excluding hydrogens is 316 g/mol. The summed E-state index contributed by atoms with van der Waals surface area (Å²) in [6.45, 7) is 4.70. The molecule has 2 N–H and O–H groups in total. The first-order valence-electron chi connectivity index (χ1n) is 8.49. The monoisotopic (exact) mass is 336 g/mol. The Bertz CT molecular complexity index is 1000. The van der Waals surface area contributed by atoms with Crippen molar-refractivity contribution in [3.05, 3.63) is 64.0 Å². The number of H-pyrrole nitrogens is 1. The van der Waals surface area contributed by atoms with E-state index < -0.39 is 0 Å². The lowest BCUT2D eigenvalue weighted by atomic mass is 10.1. The molecule has 128 valence electrons. The molecule has 0 amide bonds. The van der Waals surface area contributed by atoms with Gasteiger partial charge in [-0.2, -0.15) is 9.61 Å². The summed E-state index contributed by atoms with van der Waals surface area (Å²) in [7, 11) is 0. The molecule has 0 saturated carbocycles. The minimum absolute atomic E-state index is 0.0347. The van der Waals surface area contributed by atoms with Crippen molar-refractivity contribution in [1.82, 2.24) is 25.0 Å². The Kier molecular flexibility index (Phi) is 3.85. The van der Waals surface area contributed by atoms with Crippen LogP contribution in [0.25, 0.3) is 11.2 Å². The van der Waals surface area contributed by atoms with Crippen LogP contribution in [-0.2, 0) is 12.8 Å². The van der Waals surface area contributed by atoms with E-state index in [-0.39, 0.29) is 5.56 Å². The molecule has 0 bridgehead atoms. The molecule has 0 radical (unpaired) electrons. The number of aromatic nitrogens is 4. The Hall–Kier alpha value is -2.93. The summed E-state index contributed by atoms with van der Waals surface area (Å²) in [4.78, 5) is 20.4. The van der Waals surface area contributed by atoms with Crippen LogP contribution in [0.15, 0.2) is 41.6 Å². The van der Waals surface area contributed by atoms with Gasteiger partial charge in [0.2, 0.25) is 0 Å². The Balaban J connectivity index is 1.80. The third kappa shape index (κ3) is 2.53. The highest BCUT2D eigenvalue weighted by atomic mass is 16.1. The van der Waals surface area contributed by atoms with E-state index in [0.29, 0.717) is 13.0 Å². The van der Waals surface area contributed by atoms with Crippen LogP contribution in [0.4, 0.5) is 5.82 Å². The molecule has 7 nitrogen and oxygen atoms in total. The van der Waals surface area contributed by atoms with Crippen molar-refractivity contribution in [3.63, 3.8) is 0 Å². The van der Waals surface area contributed by atoms with Crippen LogP contribution in [0.5, 0.6) is 0 Å². The van der Waals surface area contributed by atoms with Crippen LogP contribution in [0.1, 0.15) is 30.7 Å². The number of aryl methyl sites for hydroxylation is 1. The zero-order valence-corrected chi connectivity index (χ0v) is 14.3. The molecule has 4 heterocycles. The summed E-state index contributed by atoms with van der Waals surface area (Å²) in [6, 6.07) is 5.77. The molecule has 0 spiro atoms. The number of nitrogens with one attached hydrogen (secondary N) is 2. The Morgan fingerprint density at radius 3 is 2.84 bits per heavy atom. The van der Waals surface area contributed by atoms with Crippen molar-refractivity contribution in [1.29, 1.82) is 0 Å². The fourth-order valence-electron chi connectivity index (χ4n) is 3.22. The number of fused-ring (bicyclic) bond motifs is 1. The van der Waals surface area contributed by atoms with Gasteiger partial charge < -0.3 is 4.98 Å². The number of anilines is 1. The summed E-state index contributed by atoms with van der Waals surface area (Å²) in [5.41, 5.74) is 7.78. The second-order valence-electron chi connectivity index (χ2n) is 5.96. The molecular formula is C18H20N6O. The first-order valence-corrected chi connectivity index (χ1v) is 8.49. The van der Waals surface area contributed by atoms with E-state index in [1.54, 1.807) is 12.4 Å². The minimum atomic E-state index is -0.0347. The van der Waals surface area contributed by atoms with Gasteiger partial charge in [-0.25, -0.2) is 10.4 Å². The maximum Gasteiger partial charge on any atom is 0.277 e.